The molecule has 0 aromatic carbocycles. The zero-order valence-corrected chi connectivity index (χ0v) is 11.4. The van der Waals surface area contributed by atoms with Crippen LogP contribution in [0.15, 0.2) is 29.8 Å². The monoisotopic (exact) mass is 266 g/mol. The molecule has 0 bridgehead atoms. The van der Waals surface area contributed by atoms with Crippen LogP contribution >= 0.6 is 22.9 Å². The SMILES string of the molecule is Cc1csc(C(N)C(C)c2ccccn2)c1Cl. The van der Waals surface area contributed by atoms with Crippen molar-refractivity contribution in [2.45, 2.75) is 25.8 Å². The molecule has 0 saturated heterocycles. The smallest absolute Gasteiger partial charge is 0.0590 e. The van der Waals surface area contributed by atoms with Gasteiger partial charge in [0.05, 0.1) is 5.02 Å². The molecule has 17 heavy (non-hydrogen) atoms. The van der Waals surface area contributed by atoms with Crippen LogP contribution in [-0.4, -0.2) is 4.98 Å². The summed E-state index contributed by atoms with van der Waals surface area (Å²) in [4.78, 5) is 5.39. The van der Waals surface area contributed by atoms with Gasteiger partial charge < -0.3 is 5.73 Å². The van der Waals surface area contributed by atoms with E-state index < -0.39 is 0 Å². The lowest BCUT2D eigenvalue weighted by Crippen LogP contribution is -2.17. The lowest BCUT2D eigenvalue weighted by Gasteiger charge is -2.18. The van der Waals surface area contributed by atoms with Crippen LogP contribution < -0.4 is 5.73 Å². The van der Waals surface area contributed by atoms with Gasteiger partial charge in [-0.25, -0.2) is 0 Å². The van der Waals surface area contributed by atoms with Gasteiger partial charge in [0.1, 0.15) is 0 Å². The molecular formula is C13H15ClN2S. The Balaban J connectivity index is 2.26. The lowest BCUT2D eigenvalue weighted by atomic mass is 9.97. The van der Waals surface area contributed by atoms with E-state index in [9.17, 15) is 0 Å². The summed E-state index contributed by atoms with van der Waals surface area (Å²) >= 11 is 7.87. The summed E-state index contributed by atoms with van der Waals surface area (Å²) < 4.78 is 0. The molecule has 0 spiro atoms. The molecule has 0 amide bonds. The Hall–Kier alpha value is -0.900. The van der Waals surface area contributed by atoms with Crippen LogP contribution in [0, 0.1) is 6.92 Å². The third-order valence-corrected chi connectivity index (χ3v) is 4.74. The Morgan fingerprint density at radius 3 is 2.71 bits per heavy atom. The maximum Gasteiger partial charge on any atom is 0.0590 e. The number of nitrogens with zero attached hydrogens (tertiary/aromatic N) is 1. The Labute approximate surface area is 110 Å². The zero-order valence-electron chi connectivity index (χ0n) is 9.85. The van der Waals surface area contributed by atoms with Gasteiger partial charge in [-0.15, -0.1) is 11.3 Å². The molecule has 2 aromatic rings. The molecule has 0 aliphatic heterocycles. The van der Waals surface area contributed by atoms with Crippen LogP contribution in [0.4, 0.5) is 0 Å². The van der Waals surface area contributed by atoms with Crippen molar-refractivity contribution in [3.63, 3.8) is 0 Å². The van der Waals surface area contributed by atoms with Crippen molar-refractivity contribution in [3.8, 4) is 0 Å². The first-order valence-electron chi connectivity index (χ1n) is 5.51. The zero-order chi connectivity index (χ0) is 12.4. The highest BCUT2D eigenvalue weighted by atomic mass is 35.5. The van der Waals surface area contributed by atoms with Gasteiger partial charge in [0.2, 0.25) is 0 Å². The number of halogens is 1. The molecule has 2 atom stereocenters. The van der Waals surface area contributed by atoms with Gasteiger partial charge in [0.15, 0.2) is 0 Å². The fourth-order valence-corrected chi connectivity index (χ4v) is 3.16. The summed E-state index contributed by atoms with van der Waals surface area (Å²) in [5, 5.41) is 2.84. The van der Waals surface area contributed by atoms with Gasteiger partial charge in [-0.05, 0) is 30.0 Å². The number of aryl methyl sites for hydroxylation is 1. The van der Waals surface area contributed by atoms with E-state index in [4.69, 9.17) is 17.3 Å². The highest BCUT2D eigenvalue weighted by Crippen LogP contribution is 2.37. The van der Waals surface area contributed by atoms with Crippen molar-refractivity contribution in [2.75, 3.05) is 0 Å². The van der Waals surface area contributed by atoms with Gasteiger partial charge in [-0.1, -0.05) is 24.6 Å². The Morgan fingerprint density at radius 1 is 1.41 bits per heavy atom. The predicted molar refractivity (Wildman–Crippen MR) is 73.6 cm³/mol. The number of rotatable bonds is 3. The van der Waals surface area contributed by atoms with E-state index >= 15 is 0 Å². The average Bonchev–Trinajstić information content (AvgIpc) is 2.69. The van der Waals surface area contributed by atoms with Crippen molar-refractivity contribution < 1.29 is 0 Å². The fourth-order valence-electron chi connectivity index (χ4n) is 1.73. The van der Waals surface area contributed by atoms with Crippen molar-refractivity contribution >= 4 is 22.9 Å². The van der Waals surface area contributed by atoms with Gasteiger partial charge in [0.25, 0.3) is 0 Å². The fraction of sp³-hybridized carbons (Fsp3) is 0.308. The quantitative estimate of drug-likeness (QED) is 0.915. The summed E-state index contributed by atoms with van der Waals surface area (Å²) in [6.45, 7) is 4.08. The molecule has 2 heterocycles. The van der Waals surface area contributed by atoms with Crippen LogP contribution in [0.25, 0.3) is 0 Å². The number of thiophene rings is 1. The van der Waals surface area contributed by atoms with Crippen LogP contribution in [0.3, 0.4) is 0 Å². The first-order chi connectivity index (χ1) is 8.11. The normalized spacial score (nSPS) is 14.6. The van der Waals surface area contributed by atoms with Crippen LogP contribution in [0.1, 0.15) is 35.0 Å². The summed E-state index contributed by atoms with van der Waals surface area (Å²) in [6.07, 6.45) is 1.79. The standard InChI is InChI=1S/C13H15ClN2S/c1-8-7-17-13(11(8)14)12(15)9(2)10-5-3-4-6-16-10/h3-7,9,12H,15H2,1-2H3. The van der Waals surface area contributed by atoms with E-state index in [1.807, 2.05) is 30.5 Å². The third-order valence-electron chi connectivity index (χ3n) is 2.92. The number of hydrogen-bond donors (Lipinski definition) is 1. The number of pyridine rings is 1. The highest BCUT2D eigenvalue weighted by molar-refractivity contribution is 7.10. The van der Waals surface area contributed by atoms with Crippen LogP contribution in [0.2, 0.25) is 5.02 Å². The van der Waals surface area contributed by atoms with Crippen LogP contribution in [0.5, 0.6) is 0 Å². The van der Waals surface area contributed by atoms with Gasteiger partial charge in [0, 0.05) is 28.7 Å². The summed E-state index contributed by atoms with van der Waals surface area (Å²) in [5.41, 5.74) is 8.37. The maximum atomic E-state index is 6.27. The van der Waals surface area contributed by atoms with Crippen molar-refractivity contribution in [1.82, 2.24) is 4.98 Å². The minimum absolute atomic E-state index is 0.101. The minimum atomic E-state index is -0.101. The van der Waals surface area contributed by atoms with Crippen molar-refractivity contribution in [2.24, 2.45) is 5.73 Å². The van der Waals surface area contributed by atoms with Crippen LogP contribution in [-0.2, 0) is 0 Å². The molecule has 2 N–H and O–H groups in total. The maximum absolute atomic E-state index is 6.27. The largest absolute Gasteiger partial charge is 0.323 e. The number of aromatic nitrogens is 1. The molecule has 90 valence electrons. The molecule has 0 aliphatic carbocycles. The molecule has 2 nitrogen and oxygen atoms in total. The second-order valence-electron chi connectivity index (χ2n) is 4.17. The van der Waals surface area contributed by atoms with Crippen molar-refractivity contribution in [1.29, 1.82) is 0 Å². The summed E-state index contributed by atoms with van der Waals surface area (Å²) in [7, 11) is 0. The minimum Gasteiger partial charge on any atom is -0.323 e. The molecule has 0 radical (unpaired) electrons. The average molecular weight is 267 g/mol. The predicted octanol–water partition coefficient (Wildman–Crippen LogP) is 3.91. The molecular weight excluding hydrogens is 252 g/mol. The van der Waals surface area contributed by atoms with E-state index in [-0.39, 0.29) is 12.0 Å². The van der Waals surface area contributed by atoms with E-state index in [2.05, 4.69) is 11.9 Å². The number of hydrogen-bond acceptors (Lipinski definition) is 3. The Bertz CT molecular complexity index is 495. The summed E-state index contributed by atoms with van der Waals surface area (Å²) in [5.74, 6) is 0.159. The highest BCUT2D eigenvalue weighted by Gasteiger charge is 2.22. The molecule has 0 fully saturated rings. The topological polar surface area (TPSA) is 38.9 Å². The Morgan fingerprint density at radius 2 is 2.18 bits per heavy atom. The molecule has 2 rings (SSSR count). The second kappa shape index (κ2) is 5.17. The second-order valence-corrected chi connectivity index (χ2v) is 5.46. The van der Waals surface area contributed by atoms with E-state index in [1.54, 1.807) is 17.5 Å². The molecule has 2 aromatic heterocycles. The lowest BCUT2D eigenvalue weighted by molar-refractivity contribution is 0.592. The first-order valence-corrected chi connectivity index (χ1v) is 6.77. The molecule has 2 unspecified atom stereocenters. The third kappa shape index (κ3) is 2.51. The van der Waals surface area contributed by atoms with E-state index in [0.717, 1.165) is 21.2 Å². The van der Waals surface area contributed by atoms with E-state index in [0.29, 0.717) is 0 Å². The number of nitrogens with two attached hydrogens (primary N) is 1. The molecule has 4 heteroatoms. The van der Waals surface area contributed by atoms with Gasteiger partial charge in [-0.3, -0.25) is 4.98 Å². The Kier molecular flexibility index (Phi) is 3.82. The molecule has 0 saturated carbocycles. The van der Waals surface area contributed by atoms with E-state index in [1.165, 1.54) is 0 Å². The molecule has 0 aliphatic rings. The van der Waals surface area contributed by atoms with Gasteiger partial charge in [-0.2, -0.15) is 0 Å². The summed E-state index contributed by atoms with van der Waals surface area (Å²) in [6, 6.07) is 5.78. The van der Waals surface area contributed by atoms with Crippen molar-refractivity contribution in [3.05, 3.63) is 50.9 Å². The first kappa shape index (κ1) is 12.6. The van der Waals surface area contributed by atoms with Gasteiger partial charge >= 0.3 is 0 Å².